The number of amides is 1. The van der Waals surface area contributed by atoms with Gasteiger partial charge in [0.15, 0.2) is 0 Å². The Kier molecular flexibility index (Phi) is 5.77. The predicted molar refractivity (Wildman–Crippen MR) is 70.5 cm³/mol. The average Bonchev–Trinajstić information content (AvgIpc) is 2.38. The van der Waals surface area contributed by atoms with Crippen molar-refractivity contribution < 1.29 is 9.59 Å². The van der Waals surface area contributed by atoms with E-state index >= 15 is 0 Å². The molecule has 0 atom stereocenters. The molecule has 0 spiro atoms. The highest BCUT2D eigenvalue weighted by Gasteiger charge is 2.09. The van der Waals surface area contributed by atoms with Gasteiger partial charge in [-0.25, -0.2) is 0 Å². The van der Waals surface area contributed by atoms with E-state index in [-0.39, 0.29) is 5.91 Å². The monoisotopic (exact) mass is 251 g/mol. The van der Waals surface area contributed by atoms with Crippen LogP contribution in [0.3, 0.4) is 0 Å². The van der Waals surface area contributed by atoms with Crippen molar-refractivity contribution in [1.82, 2.24) is 4.90 Å². The largest absolute Gasteiger partial charge is 0.343 e. The summed E-state index contributed by atoms with van der Waals surface area (Å²) in [5, 5.41) is 0. The lowest BCUT2D eigenvalue weighted by Crippen LogP contribution is -2.31. The van der Waals surface area contributed by atoms with E-state index in [1.165, 1.54) is 11.8 Å². The first-order chi connectivity index (χ1) is 8.21. The Bertz CT molecular complexity index is 389. The van der Waals surface area contributed by atoms with Gasteiger partial charge in [0.2, 0.25) is 5.91 Å². The molecule has 3 nitrogen and oxygen atoms in total. The highest BCUT2D eigenvalue weighted by Crippen LogP contribution is 2.19. The van der Waals surface area contributed by atoms with Crippen molar-refractivity contribution in [2.24, 2.45) is 0 Å². The number of rotatable bonds is 6. The first-order valence-corrected chi connectivity index (χ1v) is 6.65. The Morgan fingerprint density at radius 3 is 2.65 bits per heavy atom. The van der Waals surface area contributed by atoms with Gasteiger partial charge in [0.25, 0.3) is 0 Å². The third-order valence-corrected chi connectivity index (χ3v) is 3.45. The van der Waals surface area contributed by atoms with Crippen LogP contribution in [0, 0.1) is 0 Å². The molecule has 0 N–H and O–H groups in total. The molecule has 0 aliphatic carbocycles. The van der Waals surface area contributed by atoms with E-state index < -0.39 is 0 Å². The van der Waals surface area contributed by atoms with E-state index in [1.54, 1.807) is 17.0 Å². The van der Waals surface area contributed by atoms with Gasteiger partial charge in [0.05, 0.1) is 5.75 Å². The normalized spacial score (nSPS) is 10.0. The number of carbonyl (C=O) groups is 2. The molecule has 0 aromatic heterocycles. The second kappa shape index (κ2) is 7.12. The first kappa shape index (κ1) is 13.8. The van der Waals surface area contributed by atoms with E-state index in [9.17, 15) is 9.59 Å². The molecule has 17 heavy (non-hydrogen) atoms. The Morgan fingerprint density at radius 1 is 1.35 bits per heavy atom. The van der Waals surface area contributed by atoms with E-state index in [0.29, 0.717) is 11.3 Å². The van der Waals surface area contributed by atoms with Gasteiger partial charge in [-0.15, -0.1) is 11.8 Å². The Hall–Kier alpha value is -1.29. The summed E-state index contributed by atoms with van der Waals surface area (Å²) in [4.78, 5) is 25.1. The van der Waals surface area contributed by atoms with Crippen LogP contribution in [0.2, 0.25) is 0 Å². The van der Waals surface area contributed by atoms with Gasteiger partial charge in [-0.3, -0.25) is 9.59 Å². The van der Waals surface area contributed by atoms with Crippen molar-refractivity contribution in [2.75, 3.05) is 18.8 Å². The lowest BCUT2D eigenvalue weighted by molar-refractivity contribution is -0.127. The summed E-state index contributed by atoms with van der Waals surface area (Å²) < 4.78 is 0. The minimum atomic E-state index is 0.136. The maximum absolute atomic E-state index is 11.8. The van der Waals surface area contributed by atoms with Crippen LogP contribution in [-0.2, 0) is 4.79 Å². The van der Waals surface area contributed by atoms with Crippen LogP contribution in [0.25, 0.3) is 0 Å². The lowest BCUT2D eigenvalue weighted by Gasteiger charge is -2.18. The SMILES string of the molecule is CCN(CC)C(=O)CSc1cccc(C=O)c1. The molecule has 4 heteroatoms. The smallest absolute Gasteiger partial charge is 0.232 e. The third-order valence-electron chi connectivity index (χ3n) is 2.47. The number of nitrogens with zero attached hydrogens (tertiary/aromatic N) is 1. The molecular formula is C13H17NO2S. The summed E-state index contributed by atoms with van der Waals surface area (Å²) in [6.45, 7) is 5.42. The number of hydrogen-bond acceptors (Lipinski definition) is 3. The van der Waals surface area contributed by atoms with Gasteiger partial charge in [-0.2, -0.15) is 0 Å². The molecule has 92 valence electrons. The molecule has 1 rings (SSSR count). The van der Waals surface area contributed by atoms with Crippen LogP contribution in [0.15, 0.2) is 29.2 Å². The zero-order valence-electron chi connectivity index (χ0n) is 10.2. The van der Waals surface area contributed by atoms with Crippen molar-refractivity contribution >= 4 is 24.0 Å². The zero-order valence-corrected chi connectivity index (χ0v) is 11.0. The van der Waals surface area contributed by atoms with Gasteiger partial charge in [-0.05, 0) is 26.0 Å². The van der Waals surface area contributed by atoms with Gasteiger partial charge < -0.3 is 4.90 Å². The van der Waals surface area contributed by atoms with Gasteiger partial charge in [0.1, 0.15) is 6.29 Å². The van der Waals surface area contributed by atoms with Crippen molar-refractivity contribution in [3.05, 3.63) is 29.8 Å². The molecule has 1 amide bonds. The molecule has 0 aliphatic rings. The molecule has 0 aliphatic heterocycles. The maximum Gasteiger partial charge on any atom is 0.232 e. The average molecular weight is 251 g/mol. The minimum absolute atomic E-state index is 0.136. The van der Waals surface area contributed by atoms with Crippen LogP contribution in [0.1, 0.15) is 24.2 Å². The summed E-state index contributed by atoms with van der Waals surface area (Å²) in [5.41, 5.74) is 0.644. The fourth-order valence-electron chi connectivity index (χ4n) is 1.49. The van der Waals surface area contributed by atoms with E-state index in [1.807, 2.05) is 26.0 Å². The summed E-state index contributed by atoms with van der Waals surface area (Å²) in [6, 6.07) is 7.29. The molecular weight excluding hydrogens is 234 g/mol. The number of carbonyl (C=O) groups excluding carboxylic acids is 2. The third kappa shape index (κ3) is 4.23. The van der Waals surface area contributed by atoms with Gasteiger partial charge in [-0.1, -0.05) is 12.1 Å². The molecule has 0 bridgehead atoms. The Labute approximate surface area is 106 Å². The van der Waals surface area contributed by atoms with Crippen molar-refractivity contribution in [1.29, 1.82) is 0 Å². The van der Waals surface area contributed by atoms with Gasteiger partial charge >= 0.3 is 0 Å². The van der Waals surface area contributed by atoms with Crippen molar-refractivity contribution in [3.8, 4) is 0 Å². The number of aldehydes is 1. The molecule has 0 heterocycles. The topological polar surface area (TPSA) is 37.4 Å². The molecule has 1 aromatic carbocycles. The van der Waals surface area contributed by atoms with Crippen LogP contribution in [0.5, 0.6) is 0 Å². The van der Waals surface area contributed by atoms with Crippen LogP contribution < -0.4 is 0 Å². The second-order valence-electron chi connectivity index (χ2n) is 3.55. The van der Waals surface area contributed by atoms with Crippen LogP contribution >= 0.6 is 11.8 Å². The first-order valence-electron chi connectivity index (χ1n) is 5.67. The summed E-state index contributed by atoms with van der Waals surface area (Å²) >= 11 is 1.47. The summed E-state index contributed by atoms with van der Waals surface area (Å²) in [7, 11) is 0. The predicted octanol–water partition coefficient (Wildman–Crippen LogP) is 2.46. The molecule has 1 aromatic rings. The van der Waals surface area contributed by atoms with Crippen LogP contribution in [-0.4, -0.2) is 35.9 Å². The van der Waals surface area contributed by atoms with E-state index in [4.69, 9.17) is 0 Å². The van der Waals surface area contributed by atoms with E-state index in [0.717, 1.165) is 24.3 Å². The molecule has 0 fully saturated rings. The Balaban J connectivity index is 2.54. The molecule has 0 unspecified atom stereocenters. The van der Waals surface area contributed by atoms with Crippen LogP contribution in [0.4, 0.5) is 0 Å². The number of thioether (sulfide) groups is 1. The minimum Gasteiger partial charge on any atom is -0.343 e. The van der Waals surface area contributed by atoms with Crippen molar-refractivity contribution in [2.45, 2.75) is 18.7 Å². The quantitative estimate of drug-likeness (QED) is 0.575. The fraction of sp³-hybridized carbons (Fsp3) is 0.385. The highest BCUT2D eigenvalue weighted by molar-refractivity contribution is 8.00. The fourth-order valence-corrected chi connectivity index (χ4v) is 2.36. The van der Waals surface area contributed by atoms with E-state index in [2.05, 4.69) is 0 Å². The number of hydrogen-bond donors (Lipinski definition) is 0. The maximum atomic E-state index is 11.8. The zero-order chi connectivity index (χ0) is 12.7. The lowest BCUT2D eigenvalue weighted by atomic mass is 10.2. The molecule has 0 saturated heterocycles. The number of benzene rings is 1. The highest BCUT2D eigenvalue weighted by atomic mass is 32.2. The second-order valence-corrected chi connectivity index (χ2v) is 4.59. The standard InChI is InChI=1S/C13H17NO2S/c1-3-14(4-2)13(16)10-17-12-7-5-6-11(8-12)9-15/h5-9H,3-4,10H2,1-2H3. The van der Waals surface area contributed by atoms with Crippen molar-refractivity contribution in [3.63, 3.8) is 0 Å². The summed E-state index contributed by atoms with van der Waals surface area (Å²) in [5.74, 6) is 0.556. The van der Waals surface area contributed by atoms with Gasteiger partial charge in [0, 0.05) is 23.5 Å². The summed E-state index contributed by atoms with van der Waals surface area (Å²) in [6.07, 6.45) is 0.816. The Morgan fingerprint density at radius 2 is 2.06 bits per heavy atom. The molecule has 0 radical (unpaired) electrons. The molecule has 0 saturated carbocycles.